The summed E-state index contributed by atoms with van der Waals surface area (Å²) in [5.74, 6) is 0. The number of hydrogen-bond donors (Lipinski definition) is 0. The van der Waals surface area contributed by atoms with E-state index in [1.807, 2.05) is 13.8 Å². The molecule has 0 saturated carbocycles. The van der Waals surface area contributed by atoms with E-state index in [0.29, 0.717) is 12.7 Å². The first kappa shape index (κ1) is 10.9. The summed E-state index contributed by atoms with van der Waals surface area (Å²) >= 11 is 0. The maximum absolute atomic E-state index is 5.48. The Morgan fingerprint density at radius 1 is 1.00 bits per heavy atom. The van der Waals surface area contributed by atoms with Crippen LogP contribution in [0.4, 0.5) is 0 Å². The van der Waals surface area contributed by atoms with Crippen LogP contribution in [-0.4, -0.2) is 25.4 Å². The molecule has 68 valence electrons. The molecule has 0 fully saturated rings. The van der Waals surface area contributed by atoms with Crippen LogP contribution in [0.5, 0.6) is 0 Å². The maximum atomic E-state index is 5.48. The topological polar surface area (TPSA) is 18.5 Å². The molecule has 0 amide bonds. The van der Waals surface area contributed by atoms with Gasteiger partial charge in [0.15, 0.2) is 0 Å². The van der Waals surface area contributed by atoms with Crippen molar-refractivity contribution in [2.24, 2.45) is 0 Å². The van der Waals surface area contributed by atoms with Crippen molar-refractivity contribution in [2.75, 3.05) is 13.2 Å². The molecule has 2 atom stereocenters. The van der Waals surface area contributed by atoms with Crippen molar-refractivity contribution in [3.63, 3.8) is 0 Å². The second-order valence-corrected chi connectivity index (χ2v) is 2.82. The lowest BCUT2D eigenvalue weighted by atomic mass is 10.3. The minimum absolute atomic E-state index is 0.231. The van der Waals surface area contributed by atoms with Crippen LogP contribution in [0.15, 0.2) is 0 Å². The second kappa shape index (κ2) is 6.62. The third kappa shape index (κ3) is 6.32. The molecule has 0 aliphatic carbocycles. The molecule has 0 rings (SSSR count). The van der Waals surface area contributed by atoms with E-state index in [4.69, 9.17) is 9.47 Å². The van der Waals surface area contributed by atoms with Crippen molar-refractivity contribution in [1.82, 2.24) is 0 Å². The van der Waals surface area contributed by atoms with Crippen LogP contribution in [0, 0.1) is 0 Å². The van der Waals surface area contributed by atoms with Gasteiger partial charge in [-0.25, -0.2) is 0 Å². The minimum atomic E-state index is 0.231. The lowest BCUT2D eigenvalue weighted by Gasteiger charge is -2.15. The Kier molecular flexibility index (Phi) is 6.57. The average Bonchev–Trinajstić information content (AvgIpc) is 2.01. The lowest BCUT2D eigenvalue weighted by Crippen LogP contribution is -2.19. The number of rotatable bonds is 6. The first-order valence-corrected chi connectivity index (χ1v) is 4.43. The molecule has 0 heterocycles. The van der Waals surface area contributed by atoms with Crippen LogP contribution >= 0.6 is 0 Å². The predicted molar refractivity (Wildman–Crippen MR) is 46.8 cm³/mol. The Labute approximate surface area is 69.9 Å². The van der Waals surface area contributed by atoms with Gasteiger partial charge in [0, 0.05) is 6.61 Å². The van der Waals surface area contributed by atoms with E-state index in [2.05, 4.69) is 13.8 Å². The zero-order valence-electron chi connectivity index (χ0n) is 8.09. The monoisotopic (exact) mass is 160 g/mol. The van der Waals surface area contributed by atoms with Gasteiger partial charge in [0.05, 0.1) is 18.8 Å². The van der Waals surface area contributed by atoms with E-state index < -0.39 is 0 Å². The molecule has 0 aliphatic heterocycles. The van der Waals surface area contributed by atoms with Crippen LogP contribution in [0.25, 0.3) is 0 Å². The molecule has 0 aromatic carbocycles. The minimum Gasteiger partial charge on any atom is -0.376 e. The highest BCUT2D eigenvalue weighted by Gasteiger charge is 2.03. The Hall–Kier alpha value is -0.0800. The summed E-state index contributed by atoms with van der Waals surface area (Å²) in [5, 5.41) is 0. The third-order valence-electron chi connectivity index (χ3n) is 1.64. The fourth-order valence-corrected chi connectivity index (χ4v) is 0.750. The highest BCUT2D eigenvalue weighted by molar-refractivity contribution is 4.50. The number of hydrogen-bond acceptors (Lipinski definition) is 2. The van der Waals surface area contributed by atoms with Crippen LogP contribution in [0.1, 0.15) is 34.1 Å². The van der Waals surface area contributed by atoms with Crippen LogP contribution in [-0.2, 0) is 9.47 Å². The Morgan fingerprint density at radius 2 is 1.64 bits per heavy atom. The zero-order valence-corrected chi connectivity index (χ0v) is 8.09. The normalized spacial score (nSPS) is 16.4. The summed E-state index contributed by atoms with van der Waals surface area (Å²) in [5.41, 5.74) is 0. The lowest BCUT2D eigenvalue weighted by molar-refractivity contribution is -0.0283. The second-order valence-electron chi connectivity index (χ2n) is 2.82. The van der Waals surface area contributed by atoms with Gasteiger partial charge in [-0.15, -0.1) is 0 Å². The molecule has 0 N–H and O–H groups in total. The fraction of sp³-hybridized carbons (Fsp3) is 1.00. The first-order valence-electron chi connectivity index (χ1n) is 4.43. The van der Waals surface area contributed by atoms with E-state index in [9.17, 15) is 0 Å². The van der Waals surface area contributed by atoms with E-state index in [1.54, 1.807) is 0 Å². The van der Waals surface area contributed by atoms with Gasteiger partial charge in [-0.2, -0.15) is 0 Å². The van der Waals surface area contributed by atoms with Gasteiger partial charge in [0.2, 0.25) is 0 Å². The smallest absolute Gasteiger partial charge is 0.0780 e. The van der Waals surface area contributed by atoms with E-state index in [-0.39, 0.29) is 6.10 Å². The van der Waals surface area contributed by atoms with Crippen molar-refractivity contribution < 1.29 is 9.47 Å². The molecule has 0 spiro atoms. The SMILES string of the molecule is CCOC(C)COC(C)CC. The van der Waals surface area contributed by atoms with E-state index >= 15 is 0 Å². The van der Waals surface area contributed by atoms with E-state index in [0.717, 1.165) is 13.0 Å². The molecule has 0 saturated heterocycles. The van der Waals surface area contributed by atoms with Gasteiger partial charge in [-0.3, -0.25) is 0 Å². The summed E-state index contributed by atoms with van der Waals surface area (Å²) in [6.07, 6.45) is 1.66. The third-order valence-corrected chi connectivity index (χ3v) is 1.64. The molecule has 0 aliphatic rings. The largest absolute Gasteiger partial charge is 0.376 e. The van der Waals surface area contributed by atoms with Crippen LogP contribution in [0.2, 0.25) is 0 Å². The van der Waals surface area contributed by atoms with Gasteiger partial charge >= 0.3 is 0 Å². The predicted octanol–water partition coefficient (Wildman–Crippen LogP) is 2.23. The fourth-order valence-electron chi connectivity index (χ4n) is 0.750. The van der Waals surface area contributed by atoms with Gasteiger partial charge in [0.1, 0.15) is 0 Å². The van der Waals surface area contributed by atoms with Gasteiger partial charge in [-0.1, -0.05) is 6.92 Å². The van der Waals surface area contributed by atoms with Crippen molar-refractivity contribution >= 4 is 0 Å². The molecule has 2 nitrogen and oxygen atoms in total. The van der Waals surface area contributed by atoms with Gasteiger partial charge < -0.3 is 9.47 Å². The quantitative estimate of drug-likeness (QED) is 0.593. The summed E-state index contributed by atoms with van der Waals surface area (Å²) in [7, 11) is 0. The van der Waals surface area contributed by atoms with Crippen molar-refractivity contribution in [3.8, 4) is 0 Å². The highest BCUT2D eigenvalue weighted by atomic mass is 16.5. The summed E-state index contributed by atoms with van der Waals surface area (Å²) in [6, 6.07) is 0. The first-order chi connectivity index (χ1) is 5.20. The molecule has 0 aromatic heterocycles. The van der Waals surface area contributed by atoms with Gasteiger partial charge in [0.25, 0.3) is 0 Å². The van der Waals surface area contributed by atoms with Crippen molar-refractivity contribution in [2.45, 2.75) is 46.3 Å². The van der Waals surface area contributed by atoms with E-state index in [1.165, 1.54) is 0 Å². The molecule has 2 unspecified atom stereocenters. The summed E-state index contributed by atoms with van der Waals surface area (Å²) < 4.78 is 10.8. The van der Waals surface area contributed by atoms with Crippen molar-refractivity contribution in [3.05, 3.63) is 0 Å². The molecular weight excluding hydrogens is 140 g/mol. The standard InChI is InChI=1S/C9H20O2/c1-5-8(3)11-7-9(4)10-6-2/h8-9H,5-7H2,1-4H3. The van der Waals surface area contributed by atoms with Crippen LogP contribution in [0.3, 0.4) is 0 Å². The van der Waals surface area contributed by atoms with Crippen molar-refractivity contribution in [1.29, 1.82) is 0 Å². The zero-order chi connectivity index (χ0) is 8.69. The molecule has 2 heteroatoms. The van der Waals surface area contributed by atoms with Gasteiger partial charge in [-0.05, 0) is 27.2 Å². The molecule has 0 radical (unpaired) electrons. The highest BCUT2D eigenvalue weighted by Crippen LogP contribution is 1.99. The Morgan fingerprint density at radius 3 is 2.09 bits per heavy atom. The number of ether oxygens (including phenoxy) is 2. The molecule has 0 aromatic rings. The molecule has 0 bridgehead atoms. The molecule has 11 heavy (non-hydrogen) atoms. The van der Waals surface area contributed by atoms with Crippen LogP contribution < -0.4 is 0 Å². The summed E-state index contributed by atoms with van der Waals surface area (Å²) in [4.78, 5) is 0. The molecular formula is C9H20O2. The Bertz CT molecular complexity index is 83.6. The Balaban J connectivity index is 3.22. The summed E-state index contributed by atoms with van der Waals surface area (Å²) in [6.45, 7) is 9.72. The average molecular weight is 160 g/mol. The maximum Gasteiger partial charge on any atom is 0.0780 e.